The minimum atomic E-state index is -0.511. The van der Waals surface area contributed by atoms with Crippen LogP contribution in [0.25, 0.3) is 0 Å². The van der Waals surface area contributed by atoms with Crippen LogP contribution in [0, 0.1) is 15.9 Å². The monoisotopic (exact) mass is 294 g/mol. The lowest BCUT2D eigenvalue weighted by molar-refractivity contribution is -0.384. The fourth-order valence-electron chi connectivity index (χ4n) is 1.82. The van der Waals surface area contributed by atoms with E-state index in [0.29, 0.717) is 5.69 Å². The summed E-state index contributed by atoms with van der Waals surface area (Å²) >= 11 is 5.71. The fraction of sp³-hybridized carbons (Fsp3) is 0.143. The Bertz CT molecular complexity index is 632. The molecule has 1 N–H and O–H groups in total. The predicted octanol–water partition coefficient (Wildman–Crippen LogP) is 4.56. The second-order valence-corrected chi connectivity index (χ2v) is 4.72. The number of hydrogen-bond donors (Lipinski definition) is 1. The lowest BCUT2D eigenvalue weighted by Gasteiger charge is -2.16. The summed E-state index contributed by atoms with van der Waals surface area (Å²) in [5.41, 5.74) is 1.13. The first-order valence-corrected chi connectivity index (χ1v) is 6.31. The van der Waals surface area contributed by atoms with Crippen molar-refractivity contribution in [3.8, 4) is 0 Å². The molecular weight excluding hydrogens is 283 g/mol. The first kappa shape index (κ1) is 14.3. The van der Waals surface area contributed by atoms with Crippen molar-refractivity contribution >= 4 is 23.0 Å². The van der Waals surface area contributed by atoms with E-state index in [9.17, 15) is 14.5 Å². The second-order valence-electron chi connectivity index (χ2n) is 4.32. The lowest BCUT2D eigenvalue weighted by atomic mass is 10.1. The molecule has 1 unspecified atom stereocenters. The molecule has 0 radical (unpaired) electrons. The number of nitrogens with zero attached hydrogens (tertiary/aromatic N) is 1. The summed E-state index contributed by atoms with van der Waals surface area (Å²) in [6, 6.07) is 10.6. The average molecular weight is 295 g/mol. The largest absolute Gasteiger partial charge is 0.376 e. The number of anilines is 1. The normalized spacial score (nSPS) is 11.9. The van der Waals surface area contributed by atoms with Crippen LogP contribution in [0.2, 0.25) is 5.02 Å². The van der Waals surface area contributed by atoms with Gasteiger partial charge < -0.3 is 5.32 Å². The summed E-state index contributed by atoms with van der Waals surface area (Å²) in [4.78, 5) is 10.1. The Labute approximate surface area is 120 Å². The van der Waals surface area contributed by atoms with E-state index in [0.717, 1.165) is 5.56 Å². The number of halogens is 2. The third-order valence-electron chi connectivity index (χ3n) is 2.93. The summed E-state index contributed by atoms with van der Waals surface area (Å²) in [6.45, 7) is 1.83. The molecule has 0 bridgehead atoms. The van der Waals surface area contributed by atoms with Crippen molar-refractivity contribution in [3.05, 3.63) is 69.0 Å². The molecule has 0 aliphatic heterocycles. The van der Waals surface area contributed by atoms with E-state index in [4.69, 9.17) is 11.6 Å². The van der Waals surface area contributed by atoms with Crippen LogP contribution in [-0.4, -0.2) is 4.92 Å². The zero-order valence-corrected chi connectivity index (χ0v) is 11.4. The van der Waals surface area contributed by atoms with Crippen LogP contribution in [0.5, 0.6) is 0 Å². The smallest absolute Gasteiger partial charge is 0.269 e. The second kappa shape index (κ2) is 5.88. The van der Waals surface area contributed by atoms with E-state index in [-0.39, 0.29) is 16.8 Å². The van der Waals surface area contributed by atoms with E-state index >= 15 is 0 Å². The van der Waals surface area contributed by atoms with Gasteiger partial charge in [0.25, 0.3) is 5.69 Å². The first-order chi connectivity index (χ1) is 9.49. The molecule has 2 rings (SSSR count). The highest BCUT2D eigenvalue weighted by Gasteiger charge is 2.12. The topological polar surface area (TPSA) is 55.2 Å². The molecule has 0 aliphatic carbocycles. The van der Waals surface area contributed by atoms with Crippen LogP contribution < -0.4 is 5.32 Å². The highest BCUT2D eigenvalue weighted by Crippen LogP contribution is 2.26. The van der Waals surface area contributed by atoms with Gasteiger partial charge in [0.05, 0.1) is 15.6 Å². The summed E-state index contributed by atoms with van der Waals surface area (Å²) in [6.07, 6.45) is 0. The van der Waals surface area contributed by atoms with Gasteiger partial charge in [0, 0.05) is 18.2 Å². The van der Waals surface area contributed by atoms with Crippen LogP contribution in [0.15, 0.2) is 42.5 Å². The van der Waals surface area contributed by atoms with E-state index < -0.39 is 10.7 Å². The Hall–Kier alpha value is -2.14. The zero-order valence-electron chi connectivity index (χ0n) is 10.6. The number of rotatable bonds is 4. The molecule has 0 amide bonds. The molecule has 104 valence electrons. The maximum Gasteiger partial charge on any atom is 0.269 e. The fourth-order valence-corrected chi connectivity index (χ4v) is 1.99. The van der Waals surface area contributed by atoms with Crippen molar-refractivity contribution in [2.75, 3.05) is 5.32 Å². The Morgan fingerprint density at radius 2 is 1.90 bits per heavy atom. The standard InChI is InChI=1S/C14H12ClFN2O2/c1-9(10-5-7-11(8-6-10)18(19)20)17-13-4-2-3-12(15)14(13)16/h2-9,17H,1H3. The van der Waals surface area contributed by atoms with Gasteiger partial charge in [-0.3, -0.25) is 10.1 Å². The van der Waals surface area contributed by atoms with Crippen LogP contribution in [0.1, 0.15) is 18.5 Å². The van der Waals surface area contributed by atoms with Gasteiger partial charge in [0.2, 0.25) is 0 Å². The first-order valence-electron chi connectivity index (χ1n) is 5.94. The maximum absolute atomic E-state index is 13.8. The quantitative estimate of drug-likeness (QED) is 0.664. The molecule has 2 aromatic rings. The number of hydrogen-bond acceptors (Lipinski definition) is 3. The van der Waals surface area contributed by atoms with Crippen molar-refractivity contribution < 1.29 is 9.31 Å². The van der Waals surface area contributed by atoms with E-state index in [1.54, 1.807) is 24.3 Å². The average Bonchev–Trinajstić information content (AvgIpc) is 2.44. The van der Waals surface area contributed by atoms with Gasteiger partial charge in [-0.2, -0.15) is 0 Å². The molecule has 0 saturated carbocycles. The molecule has 1 atom stereocenters. The third kappa shape index (κ3) is 3.05. The Balaban J connectivity index is 2.17. The third-order valence-corrected chi connectivity index (χ3v) is 3.22. The summed E-state index contributed by atoms with van der Waals surface area (Å²) in [5, 5.41) is 13.6. The van der Waals surface area contributed by atoms with Crippen molar-refractivity contribution in [1.29, 1.82) is 0 Å². The number of non-ortho nitro benzene ring substituents is 1. The van der Waals surface area contributed by atoms with Crippen LogP contribution >= 0.6 is 11.6 Å². The minimum Gasteiger partial charge on any atom is -0.376 e. The predicted molar refractivity (Wildman–Crippen MR) is 76.5 cm³/mol. The summed E-state index contributed by atoms with van der Waals surface area (Å²) in [7, 11) is 0. The number of benzene rings is 2. The molecule has 0 heterocycles. The number of nitrogens with one attached hydrogen (secondary N) is 1. The highest BCUT2D eigenvalue weighted by atomic mass is 35.5. The molecule has 0 spiro atoms. The molecule has 2 aromatic carbocycles. The molecule has 6 heteroatoms. The highest BCUT2D eigenvalue weighted by molar-refractivity contribution is 6.31. The van der Waals surface area contributed by atoms with Crippen LogP contribution in [0.4, 0.5) is 15.8 Å². The van der Waals surface area contributed by atoms with Crippen molar-refractivity contribution in [2.45, 2.75) is 13.0 Å². The van der Waals surface area contributed by atoms with Gasteiger partial charge in [-0.1, -0.05) is 29.8 Å². The number of nitro benzene ring substituents is 1. The van der Waals surface area contributed by atoms with E-state index in [1.165, 1.54) is 18.2 Å². The number of nitro groups is 1. The molecule has 0 aliphatic rings. The Morgan fingerprint density at radius 3 is 2.50 bits per heavy atom. The Kier molecular flexibility index (Phi) is 4.20. The van der Waals surface area contributed by atoms with Gasteiger partial charge in [-0.05, 0) is 24.6 Å². The van der Waals surface area contributed by atoms with E-state index in [1.807, 2.05) is 6.92 Å². The van der Waals surface area contributed by atoms with Gasteiger partial charge in [0.15, 0.2) is 5.82 Å². The summed E-state index contributed by atoms with van der Waals surface area (Å²) in [5.74, 6) is -0.511. The molecule has 0 fully saturated rings. The van der Waals surface area contributed by atoms with Gasteiger partial charge in [0.1, 0.15) is 0 Å². The lowest BCUT2D eigenvalue weighted by Crippen LogP contribution is -2.08. The SMILES string of the molecule is CC(Nc1cccc(Cl)c1F)c1ccc([N+](=O)[O-])cc1. The van der Waals surface area contributed by atoms with Gasteiger partial charge >= 0.3 is 0 Å². The van der Waals surface area contributed by atoms with Gasteiger partial charge in [-0.15, -0.1) is 0 Å². The maximum atomic E-state index is 13.8. The van der Waals surface area contributed by atoms with Crippen molar-refractivity contribution in [1.82, 2.24) is 0 Å². The summed E-state index contributed by atoms with van der Waals surface area (Å²) < 4.78 is 13.8. The van der Waals surface area contributed by atoms with Crippen LogP contribution in [0.3, 0.4) is 0 Å². The van der Waals surface area contributed by atoms with Crippen molar-refractivity contribution in [3.63, 3.8) is 0 Å². The molecule has 0 aromatic heterocycles. The van der Waals surface area contributed by atoms with E-state index in [2.05, 4.69) is 5.32 Å². The van der Waals surface area contributed by atoms with Gasteiger partial charge in [-0.25, -0.2) is 4.39 Å². The zero-order chi connectivity index (χ0) is 14.7. The minimum absolute atomic E-state index is 0.0230. The van der Waals surface area contributed by atoms with Crippen molar-refractivity contribution in [2.24, 2.45) is 0 Å². The molecule has 20 heavy (non-hydrogen) atoms. The molecular formula is C14H12ClFN2O2. The van der Waals surface area contributed by atoms with Crippen LogP contribution in [-0.2, 0) is 0 Å². The Morgan fingerprint density at radius 1 is 1.25 bits per heavy atom. The molecule has 4 nitrogen and oxygen atoms in total. The molecule has 0 saturated heterocycles.